The first-order valence-corrected chi connectivity index (χ1v) is 10.0. The molecule has 2 amide bonds. The third-order valence-electron chi connectivity index (χ3n) is 4.39. The first kappa shape index (κ1) is 16.8. The quantitative estimate of drug-likeness (QED) is 0.886. The Bertz CT molecular complexity index is 828. The normalized spacial score (nSPS) is 20.7. The molecule has 2 N–H and O–H groups in total. The molecule has 6 nitrogen and oxygen atoms in total. The van der Waals surface area contributed by atoms with Gasteiger partial charge in [-0.15, -0.1) is 0 Å². The van der Waals surface area contributed by atoms with Gasteiger partial charge in [0, 0.05) is 36.7 Å². The summed E-state index contributed by atoms with van der Waals surface area (Å²) in [4.78, 5) is 17.1. The summed E-state index contributed by atoms with van der Waals surface area (Å²) in [5.41, 5.74) is 2.27. The first-order chi connectivity index (χ1) is 11.4. The second kappa shape index (κ2) is 6.84. The number of aromatic amines is 1. The predicted octanol–water partition coefficient (Wildman–Crippen LogP) is 1.79. The fourth-order valence-corrected chi connectivity index (χ4v) is 4.89. The molecule has 0 spiro atoms. The molecule has 1 aliphatic heterocycles. The third kappa shape index (κ3) is 3.90. The highest BCUT2D eigenvalue weighted by atomic mass is 32.2. The van der Waals surface area contributed by atoms with Gasteiger partial charge in [0.25, 0.3) is 0 Å². The summed E-state index contributed by atoms with van der Waals surface area (Å²) in [5.74, 6) is 0.177. The van der Waals surface area contributed by atoms with Crippen LogP contribution < -0.4 is 5.32 Å². The zero-order valence-electron chi connectivity index (χ0n) is 13.8. The van der Waals surface area contributed by atoms with Gasteiger partial charge >= 0.3 is 6.03 Å². The van der Waals surface area contributed by atoms with Gasteiger partial charge in [-0.25, -0.2) is 13.2 Å². The molecule has 0 unspecified atom stereocenters. The highest BCUT2D eigenvalue weighted by Crippen LogP contribution is 2.17. The van der Waals surface area contributed by atoms with Gasteiger partial charge in [0.2, 0.25) is 0 Å². The fraction of sp³-hybridized carbons (Fsp3) is 0.471. The van der Waals surface area contributed by atoms with Crippen molar-refractivity contribution in [2.24, 2.45) is 5.92 Å². The van der Waals surface area contributed by atoms with E-state index in [1.165, 1.54) is 10.9 Å². The molecule has 2 heterocycles. The predicted molar refractivity (Wildman–Crippen MR) is 94.8 cm³/mol. The van der Waals surface area contributed by atoms with Crippen LogP contribution in [0.5, 0.6) is 0 Å². The second-order valence-electron chi connectivity index (χ2n) is 6.50. The second-order valence-corrected chi connectivity index (χ2v) is 8.73. The van der Waals surface area contributed by atoms with Crippen molar-refractivity contribution >= 4 is 26.8 Å². The fourth-order valence-electron chi connectivity index (χ4n) is 3.26. The number of H-pyrrole nitrogens is 1. The van der Waals surface area contributed by atoms with E-state index in [1.54, 1.807) is 4.90 Å². The number of hydrogen-bond donors (Lipinski definition) is 2. The van der Waals surface area contributed by atoms with Crippen molar-refractivity contribution in [3.8, 4) is 0 Å². The molecule has 1 fully saturated rings. The SMILES string of the molecule is C[C@H]1CN(C(=O)NCCc2cccc3[nH]ccc23)CCS(=O)(=O)C1. The minimum absolute atomic E-state index is 0.0307. The Balaban J connectivity index is 1.56. The van der Waals surface area contributed by atoms with Crippen LogP contribution in [0.1, 0.15) is 12.5 Å². The van der Waals surface area contributed by atoms with Crippen molar-refractivity contribution in [2.75, 3.05) is 31.1 Å². The van der Waals surface area contributed by atoms with Crippen LogP contribution in [0.15, 0.2) is 30.5 Å². The molecule has 24 heavy (non-hydrogen) atoms. The number of sulfone groups is 1. The summed E-state index contributed by atoms with van der Waals surface area (Å²) in [5, 5.41) is 4.08. The van der Waals surface area contributed by atoms with Gasteiger partial charge < -0.3 is 15.2 Å². The zero-order chi connectivity index (χ0) is 17.2. The summed E-state index contributed by atoms with van der Waals surface area (Å²) >= 11 is 0. The number of aromatic nitrogens is 1. The van der Waals surface area contributed by atoms with E-state index in [0.29, 0.717) is 13.1 Å². The summed E-state index contributed by atoms with van der Waals surface area (Å²) in [6, 6.07) is 7.94. The van der Waals surface area contributed by atoms with Crippen molar-refractivity contribution in [3.05, 3.63) is 36.0 Å². The molecule has 0 radical (unpaired) electrons. The lowest BCUT2D eigenvalue weighted by Gasteiger charge is -2.22. The highest BCUT2D eigenvalue weighted by Gasteiger charge is 2.26. The van der Waals surface area contributed by atoms with Crippen LogP contribution in [0, 0.1) is 5.92 Å². The lowest BCUT2D eigenvalue weighted by molar-refractivity contribution is 0.196. The maximum Gasteiger partial charge on any atom is 0.317 e. The van der Waals surface area contributed by atoms with Gasteiger partial charge in [0.15, 0.2) is 9.84 Å². The Labute approximate surface area is 142 Å². The van der Waals surface area contributed by atoms with Crippen LogP contribution in [0.4, 0.5) is 4.79 Å². The Hall–Kier alpha value is -2.02. The van der Waals surface area contributed by atoms with Crippen LogP contribution in [-0.4, -0.2) is 55.5 Å². The molecule has 0 bridgehead atoms. The summed E-state index contributed by atoms with van der Waals surface area (Å²) in [6.45, 7) is 3.15. The van der Waals surface area contributed by atoms with E-state index in [0.717, 1.165) is 11.9 Å². The van der Waals surface area contributed by atoms with Crippen molar-refractivity contribution in [1.82, 2.24) is 15.2 Å². The Morgan fingerprint density at radius 1 is 1.38 bits per heavy atom. The number of carbonyl (C=O) groups is 1. The van der Waals surface area contributed by atoms with Crippen molar-refractivity contribution < 1.29 is 13.2 Å². The smallest absolute Gasteiger partial charge is 0.317 e. The zero-order valence-corrected chi connectivity index (χ0v) is 14.6. The highest BCUT2D eigenvalue weighted by molar-refractivity contribution is 7.91. The molecular formula is C17H23N3O3S. The Kier molecular flexibility index (Phi) is 4.80. The number of fused-ring (bicyclic) bond motifs is 1. The third-order valence-corrected chi connectivity index (χ3v) is 6.27. The average Bonchev–Trinajstić information content (AvgIpc) is 2.94. The molecule has 1 aliphatic rings. The Morgan fingerprint density at radius 3 is 3.04 bits per heavy atom. The molecule has 1 saturated heterocycles. The van der Waals surface area contributed by atoms with Gasteiger partial charge in [0.05, 0.1) is 11.5 Å². The monoisotopic (exact) mass is 349 g/mol. The first-order valence-electron chi connectivity index (χ1n) is 8.23. The van der Waals surface area contributed by atoms with Crippen molar-refractivity contribution in [1.29, 1.82) is 0 Å². The van der Waals surface area contributed by atoms with E-state index in [-0.39, 0.29) is 30.0 Å². The number of urea groups is 1. The average molecular weight is 349 g/mol. The lowest BCUT2D eigenvalue weighted by atomic mass is 10.1. The van der Waals surface area contributed by atoms with Crippen LogP contribution in [0.25, 0.3) is 10.9 Å². The molecule has 3 rings (SSSR count). The molecule has 0 aliphatic carbocycles. The molecule has 2 aromatic rings. The van der Waals surface area contributed by atoms with Crippen LogP contribution in [0.3, 0.4) is 0 Å². The standard InChI is InChI=1S/C17H23N3O3S/c1-13-11-20(9-10-24(22,23)12-13)17(21)19-7-5-14-3-2-4-16-15(14)6-8-18-16/h2-4,6,8,13,18H,5,7,9-12H2,1H3,(H,19,21)/t13-/m0/s1. The van der Waals surface area contributed by atoms with Gasteiger partial charge in [-0.3, -0.25) is 0 Å². The molecule has 1 aromatic carbocycles. The number of rotatable bonds is 3. The molecular weight excluding hydrogens is 326 g/mol. The number of nitrogens with zero attached hydrogens (tertiary/aromatic N) is 1. The Morgan fingerprint density at radius 2 is 2.21 bits per heavy atom. The van der Waals surface area contributed by atoms with Crippen LogP contribution in [-0.2, 0) is 16.3 Å². The topological polar surface area (TPSA) is 82.3 Å². The largest absolute Gasteiger partial charge is 0.361 e. The van der Waals surface area contributed by atoms with Gasteiger partial charge in [-0.2, -0.15) is 0 Å². The van der Waals surface area contributed by atoms with Gasteiger partial charge in [-0.1, -0.05) is 19.1 Å². The van der Waals surface area contributed by atoms with Crippen LogP contribution in [0.2, 0.25) is 0 Å². The maximum absolute atomic E-state index is 12.3. The van der Waals surface area contributed by atoms with E-state index in [9.17, 15) is 13.2 Å². The van der Waals surface area contributed by atoms with Crippen LogP contribution >= 0.6 is 0 Å². The van der Waals surface area contributed by atoms with Gasteiger partial charge in [0.1, 0.15) is 0 Å². The van der Waals surface area contributed by atoms with E-state index in [1.807, 2.05) is 31.3 Å². The van der Waals surface area contributed by atoms with E-state index in [4.69, 9.17) is 0 Å². The maximum atomic E-state index is 12.3. The molecule has 130 valence electrons. The number of nitrogens with one attached hydrogen (secondary N) is 2. The number of amides is 2. The van der Waals surface area contributed by atoms with Crippen molar-refractivity contribution in [3.63, 3.8) is 0 Å². The molecule has 7 heteroatoms. The van der Waals surface area contributed by atoms with Crippen molar-refractivity contribution in [2.45, 2.75) is 13.3 Å². The molecule has 1 aromatic heterocycles. The summed E-state index contributed by atoms with van der Waals surface area (Å²) in [7, 11) is -3.04. The minimum atomic E-state index is -3.04. The van der Waals surface area contributed by atoms with E-state index < -0.39 is 9.84 Å². The molecule has 1 atom stereocenters. The molecule has 0 saturated carbocycles. The lowest BCUT2D eigenvalue weighted by Crippen LogP contribution is -2.43. The minimum Gasteiger partial charge on any atom is -0.361 e. The van der Waals surface area contributed by atoms with E-state index >= 15 is 0 Å². The summed E-state index contributed by atoms with van der Waals surface area (Å²) < 4.78 is 23.6. The number of carbonyl (C=O) groups excluding carboxylic acids is 1. The van der Waals surface area contributed by atoms with E-state index in [2.05, 4.69) is 16.4 Å². The number of benzene rings is 1. The summed E-state index contributed by atoms with van der Waals surface area (Å²) in [6.07, 6.45) is 2.65. The number of hydrogen-bond acceptors (Lipinski definition) is 3. The van der Waals surface area contributed by atoms with Gasteiger partial charge in [-0.05, 0) is 30.0 Å².